The average Bonchev–Trinajstić information content (AvgIpc) is 2.27. The predicted octanol–water partition coefficient (Wildman–Crippen LogP) is 2.70. The molecular weight excluding hydrogens is 238 g/mol. The van der Waals surface area contributed by atoms with Gasteiger partial charge in [0.15, 0.2) is 5.82 Å². The van der Waals surface area contributed by atoms with Crippen molar-refractivity contribution in [1.29, 1.82) is 0 Å². The van der Waals surface area contributed by atoms with Gasteiger partial charge in [0.05, 0.1) is 12.1 Å². The van der Waals surface area contributed by atoms with Crippen molar-refractivity contribution in [3.05, 3.63) is 35.0 Å². The first kappa shape index (κ1) is 11.7. The van der Waals surface area contributed by atoms with Gasteiger partial charge in [-0.25, -0.2) is 9.97 Å². The Hall–Kier alpha value is -1.81. The van der Waals surface area contributed by atoms with Crippen LogP contribution in [0.2, 0.25) is 5.02 Å². The molecular formula is C12H12ClN3O. The molecule has 2 aromatic rings. The average molecular weight is 250 g/mol. The van der Waals surface area contributed by atoms with Crippen LogP contribution in [0.3, 0.4) is 0 Å². The maximum Gasteiger partial charge on any atom is 0.161 e. The van der Waals surface area contributed by atoms with Gasteiger partial charge >= 0.3 is 0 Å². The zero-order valence-corrected chi connectivity index (χ0v) is 10.3. The Kier molecular flexibility index (Phi) is 3.15. The molecule has 0 radical (unpaired) electrons. The smallest absolute Gasteiger partial charge is 0.161 e. The summed E-state index contributed by atoms with van der Waals surface area (Å²) in [5.74, 6) is 1.63. The van der Waals surface area contributed by atoms with Gasteiger partial charge in [-0.3, -0.25) is 0 Å². The number of rotatable bonds is 2. The number of ether oxygens (including phenoxy) is 1. The van der Waals surface area contributed by atoms with Crippen molar-refractivity contribution in [2.45, 2.75) is 6.92 Å². The third kappa shape index (κ3) is 2.47. The number of benzene rings is 1. The number of halogens is 1. The summed E-state index contributed by atoms with van der Waals surface area (Å²) in [6.45, 7) is 1.87. The van der Waals surface area contributed by atoms with Gasteiger partial charge in [0.25, 0.3) is 0 Å². The molecule has 0 aliphatic heterocycles. The highest BCUT2D eigenvalue weighted by Crippen LogP contribution is 2.28. The molecule has 5 heteroatoms. The molecule has 2 N–H and O–H groups in total. The van der Waals surface area contributed by atoms with Gasteiger partial charge < -0.3 is 10.5 Å². The highest BCUT2D eigenvalue weighted by atomic mass is 35.5. The summed E-state index contributed by atoms with van der Waals surface area (Å²) in [5.41, 5.74) is 7.31. The van der Waals surface area contributed by atoms with Crippen molar-refractivity contribution in [3.8, 4) is 17.1 Å². The summed E-state index contributed by atoms with van der Waals surface area (Å²) in [6, 6.07) is 7.10. The summed E-state index contributed by atoms with van der Waals surface area (Å²) in [5, 5.41) is 0.522. The van der Waals surface area contributed by atoms with E-state index in [0.29, 0.717) is 22.4 Å². The van der Waals surface area contributed by atoms with Crippen molar-refractivity contribution in [1.82, 2.24) is 9.97 Å². The maximum atomic E-state index is 6.05. The van der Waals surface area contributed by atoms with Crippen LogP contribution in [0.25, 0.3) is 11.4 Å². The summed E-state index contributed by atoms with van der Waals surface area (Å²) in [7, 11) is 1.57. The number of aromatic nitrogens is 2. The second-order valence-electron chi connectivity index (χ2n) is 3.61. The van der Waals surface area contributed by atoms with Crippen LogP contribution in [0.15, 0.2) is 24.3 Å². The zero-order valence-electron chi connectivity index (χ0n) is 9.57. The van der Waals surface area contributed by atoms with Gasteiger partial charge in [0, 0.05) is 17.3 Å². The zero-order chi connectivity index (χ0) is 12.4. The fourth-order valence-corrected chi connectivity index (χ4v) is 1.79. The van der Waals surface area contributed by atoms with Gasteiger partial charge in [-0.05, 0) is 25.1 Å². The number of methoxy groups -OCH3 is 1. The Morgan fingerprint density at radius 2 is 2.00 bits per heavy atom. The van der Waals surface area contributed by atoms with E-state index in [4.69, 9.17) is 22.1 Å². The minimum Gasteiger partial charge on any atom is -0.495 e. The van der Waals surface area contributed by atoms with Gasteiger partial charge in [-0.1, -0.05) is 11.6 Å². The third-order valence-corrected chi connectivity index (χ3v) is 2.58. The summed E-state index contributed by atoms with van der Waals surface area (Å²) in [4.78, 5) is 8.48. The van der Waals surface area contributed by atoms with E-state index in [1.54, 1.807) is 25.3 Å². The van der Waals surface area contributed by atoms with Crippen LogP contribution in [0.1, 0.15) is 5.69 Å². The molecule has 0 saturated heterocycles. The molecule has 0 spiro atoms. The second kappa shape index (κ2) is 4.59. The van der Waals surface area contributed by atoms with Gasteiger partial charge in [-0.2, -0.15) is 0 Å². The molecule has 0 unspecified atom stereocenters. The largest absolute Gasteiger partial charge is 0.495 e. The molecule has 17 heavy (non-hydrogen) atoms. The van der Waals surface area contributed by atoms with E-state index in [-0.39, 0.29) is 0 Å². The number of aryl methyl sites for hydroxylation is 1. The SMILES string of the molecule is COc1ccc(-c2nc(C)cc(N)n2)cc1Cl. The quantitative estimate of drug-likeness (QED) is 0.889. The summed E-state index contributed by atoms with van der Waals surface area (Å²) >= 11 is 6.05. The predicted molar refractivity (Wildman–Crippen MR) is 68.2 cm³/mol. The van der Waals surface area contributed by atoms with Crippen LogP contribution in [0.4, 0.5) is 5.82 Å². The lowest BCUT2D eigenvalue weighted by atomic mass is 10.2. The minimum atomic E-state index is 0.444. The van der Waals surface area contributed by atoms with Gasteiger partial charge in [0.1, 0.15) is 11.6 Å². The normalized spacial score (nSPS) is 10.3. The minimum absolute atomic E-state index is 0.444. The highest BCUT2D eigenvalue weighted by Gasteiger charge is 2.07. The Labute approximate surface area is 104 Å². The molecule has 1 aromatic carbocycles. The van der Waals surface area contributed by atoms with Crippen LogP contribution in [0.5, 0.6) is 5.75 Å². The monoisotopic (exact) mass is 249 g/mol. The molecule has 0 atom stereocenters. The van der Waals surface area contributed by atoms with Gasteiger partial charge in [-0.15, -0.1) is 0 Å². The molecule has 0 amide bonds. The third-order valence-electron chi connectivity index (χ3n) is 2.28. The number of hydrogen-bond donors (Lipinski definition) is 1. The molecule has 88 valence electrons. The van der Waals surface area contributed by atoms with Crippen LogP contribution < -0.4 is 10.5 Å². The first-order chi connectivity index (χ1) is 8.10. The lowest BCUT2D eigenvalue weighted by Crippen LogP contribution is -1.97. The molecule has 2 rings (SSSR count). The standard InChI is InChI=1S/C12H12ClN3O/c1-7-5-11(14)16-12(15-7)8-3-4-10(17-2)9(13)6-8/h3-6H,1-2H3,(H2,14,15,16). The van der Waals surface area contributed by atoms with Gasteiger partial charge in [0.2, 0.25) is 0 Å². The molecule has 0 aliphatic carbocycles. The molecule has 4 nitrogen and oxygen atoms in total. The van der Waals surface area contributed by atoms with E-state index < -0.39 is 0 Å². The van der Waals surface area contributed by atoms with E-state index in [9.17, 15) is 0 Å². The van der Waals surface area contributed by atoms with E-state index in [0.717, 1.165) is 11.3 Å². The number of nitrogen functional groups attached to an aromatic ring is 1. The van der Waals surface area contributed by atoms with Crippen LogP contribution >= 0.6 is 11.6 Å². The van der Waals surface area contributed by atoms with Crippen molar-refractivity contribution in [2.75, 3.05) is 12.8 Å². The number of anilines is 1. The van der Waals surface area contributed by atoms with Crippen molar-refractivity contribution in [3.63, 3.8) is 0 Å². The molecule has 1 heterocycles. The molecule has 0 aliphatic rings. The van der Waals surface area contributed by atoms with Crippen molar-refractivity contribution in [2.24, 2.45) is 0 Å². The van der Waals surface area contributed by atoms with Crippen LogP contribution in [0, 0.1) is 6.92 Å². The number of nitrogens with two attached hydrogens (primary N) is 1. The second-order valence-corrected chi connectivity index (χ2v) is 4.01. The van der Waals surface area contributed by atoms with E-state index in [2.05, 4.69) is 9.97 Å². The lowest BCUT2D eigenvalue weighted by molar-refractivity contribution is 0.415. The molecule has 0 fully saturated rings. The topological polar surface area (TPSA) is 61.0 Å². The van der Waals surface area contributed by atoms with E-state index in [1.165, 1.54) is 0 Å². The summed E-state index contributed by atoms with van der Waals surface area (Å²) in [6.07, 6.45) is 0. The first-order valence-corrected chi connectivity index (χ1v) is 5.43. The molecule has 0 saturated carbocycles. The molecule has 1 aromatic heterocycles. The Morgan fingerprint density at radius 3 is 2.59 bits per heavy atom. The number of nitrogens with zero attached hydrogens (tertiary/aromatic N) is 2. The number of hydrogen-bond acceptors (Lipinski definition) is 4. The Balaban J connectivity index is 2.49. The van der Waals surface area contributed by atoms with E-state index in [1.807, 2.05) is 13.0 Å². The molecule has 0 bridgehead atoms. The lowest BCUT2D eigenvalue weighted by Gasteiger charge is -2.06. The fourth-order valence-electron chi connectivity index (χ4n) is 1.53. The first-order valence-electron chi connectivity index (χ1n) is 5.05. The van der Waals surface area contributed by atoms with Crippen molar-refractivity contribution >= 4 is 17.4 Å². The summed E-state index contributed by atoms with van der Waals surface area (Å²) < 4.78 is 5.09. The van der Waals surface area contributed by atoms with Crippen LogP contribution in [-0.4, -0.2) is 17.1 Å². The fraction of sp³-hybridized carbons (Fsp3) is 0.167. The maximum absolute atomic E-state index is 6.05. The Bertz CT molecular complexity index is 537. The van der Waals surface area contributed by atoms with E-state index >= 15 is 0 Å². The Morgan fingerprint density at radius 1 is 1.24 bits per heavy atom. The van der Waals surface area contributed by atoms with Crippen LogP contribution in [-0.2, 0) is 0 Å². The highest BCUT2D eigenvalue weighted by molar-refractivity contribution is 6.32. The van der Waals surface area contributed by atoms with Crippen molar-refractivity contribution < 1.29 is 4.74 Å².